The van der Waals surface area contributed by atoms with E-state index < -0.39 is 11.9 Å². The van der Waals surface area contributed by atoms with Gasteiger partial charge in [0, 0.05) is 6.08 Å². The summed E-state index contributed by atoms with van der Waals surface area (Å²) < 4.78 is 13.2. The molecule has 0 aromatic heterocycles. The minimum Gasteiger partial charge on any atom is -0.478 e. The summed E-state index contributed by atoms with van der Waals surface area (Å²) in [6.45, 7) is 0. The molecule has 0 saturated heterocycles. The molecule has 0 unspecified atom stereocenters. The lowest BCUT2D eigenvalue weighted by atomic mass is 10.1. The largest absolute Gasteiger partial charge is 0.478 e. The van der Waals surface area contributed by atoms with E-state index in [1.807, 2.05) is 6.07 Å². The summed E-state index contributed by atoms with van der Waals surface area (Å²) in [5.41, 5.74) is 1.04. The van der Waals surface area contributed by atoms with Gasteiger partial charge in [-0.15, -0.1) is 0 Å². The van der Waals surface area contributed by atoms with Crippen molar-refractivity contribution in [2.75, 3.05) is 5.32 Å². The maximum absolute atomic E-state index is 13.2. The normalized spacial score (nSPS) is 10.9. The molecule has 3 rings (SSSR count). The van der Waals surface area contributed by atoms with Crippen molar-refractivity contribution in [3.05, 3.63) is 83.7 Å². The van der Waals surface area contributed by atoms with Crippen LogP contribution in [0.15, 0.2) is 66.7 Å². The van der Waals surface area contributed by atoms with Gasteiger partial charge < -0.3 is 10.4 Å². The molecular weight excluding hydrogens is 321 g/mol. The van der Waals surface area contributed by atoms with Crippen LogP contribution >= 0.6 is 0 Å². The lowest BCUT2D eigenvalue weighted by molar-refractivity contribution is -0.111. The average molecular weight is 335 g/mol. The summed E-state index contributed by atoms with van der Waals surface area (Å²) >= 11 is 0. The van der Waals surface area contributed by atoms with Gasteiger partial charge in [-0.2, -0.15) is 0 Å². The fourth-order valence-corrected chi connectivity index (χ4v) is 2.46. The van der Waals surface area contributed by atoms with Gasteiger partial charge >= 0.3 is 5.97 Å². The Kier molecular flexibility index (Phi) is 4.57. The quantitative estimate of drug-likeness (QED) is 0.698. The molecular formula is C20H14FNO3. The molecule has 5 heteroatoms. The Morgan fingerprint density at radius 3 is 2.48 bits per heavy atom. The molecule has 0 fully saturated rings. The van der Waals surface area contributed by atoms with E-state index in [-0.39, 0.29) is 17.1 Å². The highest BCUT2D eigenvalue weighted by atomic mass is 19.1. The highest BCUT2D eigenvalue weighted by Crippen LogP contribution is 2.19. The Bertz CT molecular complexity index is 995. The number of halogens is 1. The van der Waals surface area contributed by atoms with Gasteiger partial charge in [-0.05, 0) is 52.7 Å². The van der Waals surface area contributed by atoms with Crippen molar-refractivity contribution in [1.82, 2.24) is 0 Å². The zero-order valence-electron chi connectivity index (χ0n) is 13.1. The summed E-state index contributed by atoms with van der Waals surface area (Å²) in [5, 5.41) is 13.3. The van der Waals surface area contributed by atoms with E-state index >= 15 is 0 Å². The predicted molar refractivity (Wildman–Crippen MR) is 95.0 cm³/mol. The van der Waals surface area contributed by atoms with Gasteiger partial charge in [0.15, 0.2) is 0 Å². The first-order valence-electron chi connectivity index (χ1n) is 7.53. The van der Waals surface area contributed by atoms with Crippen molar-refractivity contribution in [3.8, 4) is 0 Å². The van der Waals surface area contributed by atoms with Crippen LogP contribution in [0.5, 0.6) is 0 Å². The molecule has 0 aliphatic rings. The Hall–Kier alpha value is -3.47. The zero-order chi connectivity index (χ0) is 17.8. The molecule has 124 valence electrons. The number of carbonyl (C=O) groups is 2. The number of fused-ring (bicyclic) bond motifs is 1. The van der Waals surface area contributed by atoms with Gasteiger partial charge in [0.2, 0.25) is 5.91 Å². The third-order valence-electron chi connectivity index (χ3n) is 3.67. The molecule has 0 heterocycles. The van der Waals surface area contributed by atoms with Gasteiger partial charge in [0.25, 0.3) is 0 Å². The number of para-hydroxylation sites is 1. The molecule has 0 saturated carbocycles. The maximum Gasteiger partial charge on any atom is 0.337 e. The van der Waals surface area contributed by atoms with Crippen LogP contribution in [-0.4, -0.2) is 17.0 Å². The average Bonchev–Trinajstić information content (AvgIpc) is 2.60. The number of benzene rings is 3. The van der Waals surface area contributed by atoms with Gasteiger partial charge in [-0.25, -0.2) is 9.18 Å². The molecule has 2 N–H and O–H groups in total. The van der Waals surface area contributed by atoms with Gasteiger partial charge in [-0.3, -0.25) is 4.79 Å². The fourth-order valence-electron chi connectivity index (χ4n) is 2.46. The highest BCUT2D eigenvalue weighted by molar-refractivity contribution is 6.06. The van der Waals surface area contributed by atoms with Crippen LogP contribution < -0.4 is 5.32 Å². The van der Waals surface area contributed by atoms with E-state index in [0.717, 1.165) is 16.3 Å². The smallest absolute Gasteiger partial charge is 0.337 e. The number of nitrogens with one attached hydrogen (secondary N) is 1. The van der Waals surface area contributed by atoms with Crippen LogP contribution in [0.4, 0.5) is 10.1 Å². The summed E-state index contributed by atoms with van der Waals surface area (Å²) in [6.07, 6.45) is 2.94. The number of carboxylic acids is 1. The number of anilines is 1. The van der Waals surface area contributed by atoms with E-state index in [0.29, 0.717) is 0 Å². The molecule has 1 amide bonds. The van der Waals surface area contributed by atoms with E-state index in [9.17, 15) is 14.0 Å². The van der Waals surface area contributed by atoms with Crippen LogP contribution in [0.25, 0.3) is 16.8 Å². The summed E-state index contributed by atoms with van der Waals surface area (Å²) in [6, 6.07) is 16.1. The van der Waals surface area contributed by atoms with Crippen molar-refractivity contribution < 1.29 is 19.1 Å². The van der Waals surface area contributed by atoms with Crippen molar-refractivity contribution in [3.63, 3.8) is 0 Å². The molecule has 0 radical (unpaired) electrons. The standard InChI is InChI=1S/C20H14FNO3/c21-16-9-8-14-11-13(5-7-15(14)12-16)6-10-19(23)22-18-4-2-1-3-17(18)20(24)25/h1-12H,(H,22,23)(H,24,25)/b10-6+. The Balaban J connectivity index is 1.77. The lowest BCUT2D eigenvalue weighted by Gasteiger charge is -2.06. The third kappa shape index (κ3) is 3.90. The molecule has 0 aliphatic heterocycles. The predicted octanol–water partition coefficient (Wildman–Crippen LogP) is 4.33. The molecule has 4 nitrogen and oxygen atoms in total. The number of hydrogen-bond donors (Lipinski definition) is 2. The monoisotopic (exact) mass is 335 g/mol. The van der Waals surface area contributed by atoms with Crippen LogP contribution in [-0.2, 0) is 4.79 Å². The van der Waals surface area contributed by atoms with Gasteiger partial charge in [-0.1, -0.05) is 30.3 Å². The first kappa shape index (κ1) is 16.4. The molecule has 0 atom stereocenters. The topological polar surface area (TPSA) is 66.4 Å². The second-order valence-electron chi connectivity index (χ2n) is 5.42. The number of rotatable bonds is 4. The molecule has 0 spiro atoms. The van der Waals surface area contributed by atoms with Crippen LogP contribution in [0.3, 0.4) is 0 Å². The van der Waals surface area contributed by atoms with E-state index in [2.05, 4.69) is 5.32 Å². The number of carbonyl (C=O) groups excluding carboxylic acids is 1. The number of amides is 1. The molecule has 0 bridgehead atoms. The van der Waals surface area contributed by atoms with Gasteiger partial charge in [0.05, 0.1) is 11.3 Å². The van der Waals surface area contributed by atoms with E-state index in [1.165, 1.54) is 30.3 Å². The van der Waals surface area contributed by atoms with Crippen molar-refractivity contribution in [2.24, 2.45) is 0 Å². The van der Waals surface area contributed by atoms with Crippen molar-refractivity contribution in [2.45, 2.75) is 0 Å². The van der Waals surface area contributed by atoms with Crippen LogP contribution in [0.1, 0.15) is 15.9 Å². The number of hydrogen-bond acceptors (Lipinski definition) is 2. The first-order chi connectivity index (χ1) is 12.0. The molecule has 0 aliphatic carbocycles. The summed E-state index contributed by atoms with van der Waals surface area (Å²) in [4.78, 5) is 23.2. The minimum atomic E-state index is -1.11. The van der Waals surface area contributed by atoms with Crippen LogP contribution in [0.2, 0.25) is 0 Å². The van der Waals surface area contributed by atoms with Crippen molar-refractivity contribution in [1.29, 1.82) is 0 Å². The van der Waals surface area contributed by atoms with E-state index in [4.69, 9.17) is 5.11 Å². The first-order valence-corrected chi connectivity index (χ1v) is 7.53. The lowest BCUT2D eigenvalue weighted by Crippen LogP contribution is -2.11. The van der Waals surface area contributed by atoms with E-state index in [1.54, 1.807) is 36.4 Å². The Morgan fingerprint density at radius 1 is 0.960 bits per heavy atom. The third-order valence-corrected chi connectivity index (χ3v) is 3.67. The fraction of sp³-hybridized carbons (Fsp3) is 0. The SMILES string of the molecule is O=C(/C=C/c1ccc2cc(F)ccc2c1)Nc1ccccc1C(=O)O. The Morgan fingerprint density at radius 2 is 1.68 bits per heavy atom. The summed E-state index contributed by atoms with van der Waals surface area (Å²) in [7, 11) is 0. The van der Waals surface area contributed by atoms with Crippen molar-refractivity contribution >= 4 is 34.4 Å². The summed E-state index contributed by atoms with van der Waals surface area (Å²) in [5.74, 6) is -1.85. The molecule has 3 aromatic rings. The zero-order valence-corrected chi connectivity index (χ0v) is 13.1. The van der Waals surface area contributed by atoms with Gasteiger partial charge in [0.1, 0.15) is 5.82 Å². The number of carboxylic acid groups (broad SMARTS) is 1. The molecule has 3 aromatic carbocycles. The van der Waals surface area contributed by atoms with Crippen LogP contribution in [0, 0.1) is 5.82 Å². The highest BCUT2D eigenvalue weighted by Gasteiger charge is 2.10. The second kappa shape index (κ2) is 6.97. The second-order valence-corrected chi connectivity index (χ2v) is 5.42. The maximum atomic E-state index is 13.2. The minimum absolute atomic E-state index is 0.0250. The number of aromatic carboxylic acids is 1. The molecule has 25 heavy (non-hydrogen) atoms. The Labute approximate surface area is 143 Å².